The average Bonchev–Trinajstić information content (AvgIpc) is 2.88. The fourth-order valence-electron chi connectivity index (χ4n) is 2.07. The highest BCUT2D eigenvalue weighted by molar-refractivity contribution is 7.90. The van der Waals surface area contributed by atoms with Crippen molar-refractivity contribution in [3.63, 3.8) is 0 Å². The highest BCUT2D eigenvalue weighted by Gasteiger charge is 2.20. The second-order valence-electron chi connectivity index (χ2n) is 4.72. The molecule has 1 fully saturated rings. The molecule has 1 saturated heterocycles. The molecule has 0 saturated carbocycles. The first-order valence-corrected chi connectivity index (χ1v) is 8.11. The van der Waals surface area contributed by atoms with E-state index in [2.05, 4.69) is 5.32 Å². The summed E-state index contributed by atoms with van der Waals surface area (Å²) in [6.45, 7) is 1.18. The summed E-state index contributed by atoms with van der Waals surface area (Å²) >= 11 is 0. The molecular formula is C12H16N2O5S. The number of anilines is 1. The predicted molar refractivity (Wildman–Crippen MR) is 73.7 cm³/mol. The molecule has 2 rings (SSSR count). The van der Waals surface area contributed by atoms with E-state index in [0.29, 0.717) is 18.8 Å². The normalized spacial score (nSPS) is 18.9. The standard InChI is InChI=1S/C12H16N2O5S/c1-20(17,18)10-4-5-11(12(7-10)14(15)16)13-8-9-3-2-6-19-9/h4-5,7,9,13H,2-3,6,8H2,1H3/t9-/m0/s1. The first-order chi connectivity index (χ1) is 9.38. The van der Waals surface area contributed by atoms with Gasteiger partial charge >= 0.3 is 0 Å². The van der Waals surface area contributed by atoms with Gasteiger partial charge < -0.3 is 10.1 Å². The molecule has 1 atom stereocenters. The van der Waals surface area contributed by atoms with Gasteiger partial charge in [0.15, 0.2) is 9.84 Å². The van der Waals surface area contributed by atoms with Crippen LogP contribution in [0.25, 0.3) is 0 Å². The molecule has 1 N–H and O–H groups in total. The van der Waals surface area contributed by atoms with Gasteiger partial charge in [-0.3, -0.25) is 10.1 Å². The van der Waals surface area contributed by atoms with E-state index in [9.17, 15) is 18.5 Å². The molecule has 8 heteroatoms. The lowest BCUT2D eigenvalue weighted by Gasteiger charge is -2.12. The molecule has 1 aliphatic heterocycles. The number of ether oxygens (including phenoxy) is 1. The summed E-state index contributed by atoms with van der Waals surface area (Å²) in [6, 6.07) is 3.86. The van der Waals surface area contributed by atoms with E-state index in [1.165, 1.54) is 12.1 Å². The summed E-state index contributed by atoms with van der Waals surface area (Å²) in [4.78, 5) is 10.4. The number of rotatable bonds is 5. The lowest BCUT2D eigenvalue weighted by Crippen LogP contribution is -2.19. The van der Waals surface area contributed by atoms with Crippen LogP contribution in [-0.2, 0) is 14.6 Å². The highest BCUT2D eigenvalue weighted by Crippen LogP contribution is 2.28. The van der Waals surface area contributed by atoms with Crippen LogP contribution in [0.4, 0.5) is 11.4 Å². The zero-order chi connectivity index (χ0) is 14.8. The molecular weight excluding hydrogens is 284 g/mol. The van der Waals surface area contributed by atoms with Gasteiger partial charge in [0, 0.05) is 25.5 Å². The van der Waals surface area contributed by atoms with Gasteiger partial charge in [0.1, 0.15) is 5.69 Å². The number of nitrogens with one attached hydrogen (secondary N) is 1. The number of sulfone groups is 1. The van der Waals surface area contributed by atoms with Crippen LogP contribution >= 0.6 is 0 Å². The molecule has 1 aromatic carbocycles. The molecule has 110 valence electrons. The van der Waals surface area contributed by atoms with E-state index in [-0.39, 0.29) is 16.7 Å². The Morgan fingerprint density at radius 1 is 1.50 bits per heavy atom. The van der Waals surface area contributed by atoms with Crippen molar-refractivity contribution in [3.8, 4) is 0 Å². The second-order valence-corrected chi connectivity index (χ2v) is 6.74. The molecule has 0 bridgehead atoms. The van der Waals surface area contributed by atoms with Crippen molar-refractivity contribution in [2.24, 2.45) is 0 Å². The maximum absolute atomic E-state index is 11.4. The van der Waals surface area contributed by atoms with E-state index in [1.54, 1.807) is 0 Å². The lowest BCUT2D eigenvalue weighted by atomic mass is 10.2. The van der Waals surface area contributed by atoms with E-state index >= 15 is 0 Å². The maximum Gasteiger partial charge on any atom is 0.293 e. The summed E-state index contributed by atoms with van der Waals surface area (Å²) in [5.74, 6) is 0. The zero-order valence-electron chi connectivity index (χ0n) is 11.0. The Kier molecular flexibility index (Phi) is 4.24. The number of benzene rings is 1. The van der Waals surface area contributed by atoms with Crippen LogP contribution in [0.15, 0.2) is 23.1 Å². The Bertz CT molecular complexity index is 608. The second kappa shape index (κ2) is 5.76. The molecule has 1 aromatic rings. The molecule has 0 spiro atoms. The van der Waals surface area contributed by atoms with Crippen LogP contribution in [0.5, 0.6) is 0 Å². The van der Waals surface area contributed by atoms with Crippen molar-refractivity contribution in [1.29, 1.82) is 0 Å². The minimum atomic E-state index is -3.46. The van der Waals surface area contributed by atoms with E-state index < -0.39 is 14.8 Å². The number of hydrogen-bond donors (Lipinski definition) is 1. The van der Waals surface area contributed by atoms with Crippen LogP contribution in [0.1, 0.15) is 12.8 Å². The minimum absolute atomic E-state index is 0.0455. The summed E-state index contributed by atoms with van der Waals surface area (Å²) in [7, 11) is -3.46. The summed E-state index contributed by atoms with van der Waals surface area (Å²) in [5, 5.41) is 14.0. The molecule has 7 nitrogen and oxygen atoms in total. The summed E-state index contributed by atoms with van der Waals surface area (Å²) in [6.07, 6.45) is 2.97. The Hall–Kier alpha value is -1.67. The van der Waals surface area contributed by atoms with E-state index in [4.69, 9.17) is 4.74 Å². The zero-order valence-corrected chi connectivity index (χ0v) is 11.9. The van der Waals surface area contributed by atoms with Gasteiger partial charge in [-0.25, -0.2) is 8.42 Å². The monoisotopic (exact) mass is 300 g/mol. The van der Waals surface area contributed by atoms with Crippen LogP contribution in [0.3, 0.4) is 0 Å². The smallest absolute Gasteiger partial charge is 0.293 e. The van der Waals surface area contributed by atoms with Gasteiger partial charge in [-0.1, -0.05) is 0 Å². The summed E-state index contributed by atoms with van der Waals surface area (Å²) in [5.41, 5.74) is 0.0591. The quantitative estimate of drug-likeness (QED) is 0.655. The van der Waals surface area contributed by atoms with Crippen LogP contribution in [0.2, 0.25) is 0 Å². The largest absolute Gasteiger partial charge is 0.377 e. The van der Waals surface area contributed by atoms with Crippen LogP contribution in [-0.4, -0.2) is 38.9 Å². The molecule has 0 unspecified atom stereocenters. The fourth-order valence-corrected chi connectivity index (χ4v) is 2.71. The molecule has 0 amide bonds. The molecule has 0 radical (unpaired) electrons. The predicted octanol–water partition coefficient (Wildman–Crippen LogP) is 1.59. The molecule has 0 aromatic heterocycles. The van der Waals surface area contributed by atoms with Crippen molar-refractivity contribution in [2.75, 3.05) is 24.7 Å². The Morgan fingerprint density at radius 2 is 2.25 bits per heavy atom. The number of hydrogen-bond acceptors (Lipinski definition) is 6. The van der Waals surface area contributed by atoms with Crippen molar-refractivity contribution in [3.05, 3.63) is 28.3 Å². The molecule has 0 aliphatic carbocycles. The van der Waals surface area contributed by atoms with Crippen molar-refractivity contribution in [2.45, 2.75) is 23.8 Å². The third kappa shape index (κ3) is 3.45. The van der Waals surface area contributed by atoms with Gasteiger partial charge in [0.05, 0.1) is 15.9 Å². The van der Waals surface area contributed by atoms with E-state index in [1.807, 2.05) is 0 Å². The highest BCUT2D eigenvalue weighted by atomic mass is 32.2. The SMILES string of the molecule is CS(=O)(=O)c1ccc(NC[C@@H]2CCCO2)c([N+](=O)[O-])c1. The van der Waals surface area contributed by atoms with E-state index in [0.717, 1.165) is 25.2 Å². The molecule has 1 heterocycles. The minimum Gasteiger partial charge on any atom is -0.377 e. The van der Waals surface area contributed by atoms with Gasteiger partial charge in [0.2, 0.25) is 0 Å². The van der Waals surface area contributed by atoms with Gasteiger partial charge in [0.25, 0.3) is 5.69 Å². The van der Waals surface area contributed by atoms with Gasteiger partial charge in [-0.15, -0.1) is 0 Å². The Balaban J connectivity index is 2.21. The number of nitro groups is 1. The average molecular weight is 300 g/mol. The van der Waals surface area contributed by atoms with Crippen molar-refractivity contribution < 1.29 is 18.1 Å². The Morgan fingerprint density at radius 3 is 2.80 bits per heavy atom. The first kappa shape index (κ1) is 14.7. The molecule has 1 aliphatic rings. The fraction of sp³-hybridized carbons (Fsp3) is 0.500. The number of nitrogens with zero attached hydrogens (tertiary/aromatic N) is 1. The van der Waals surface area contributed by atoms with Crippen molar-refractivity contribution >= 4 is 21.2 Å². The third-order valence-corrected chi connectivity index (χ3v) is 4.25. The van der Waals surface area contributed by atoms with Crippen LogP contribution < -0.4 is 5.32 Å². The van der Waals surface area contributed by atoms with Gasteiger partial charge in [-0.2, -0.15) is 0 Å². The van der Waals surface area contributed by atoms with Gasteiger partial charge in [-0.05, 0) is 25.0 Å². The van der Waals surface area contributed by atoms with Crippen LogP contribution in [0, 0.1) is 10.1 Å². The number of nitro benzene ring substituents is 1. The lowest BCUT2D eigenvalue weighted by molar-refractivity contribution is -0.384. The molecule has 20 heavy (non-hydrogen) atoms. The topological polar surface area (TPSA) is 98.5 Å². The third-order valence-electron chi connectivity index (χ3n) is 3.14. The van der Waals surface area contributed by atoms with Crippen molar-refractivity contribution in [1.82, 2.24) is 0 Å². The first-order valence-electron chi connectivity index (χ1n) is 6.22. The summed E-state index contributed by atoms with van der Waals surface area (Å²) < 4.78 is 28.3. The maximum atomic E-state index is 11.4. The Labute approximate surface area is 117 Å².